The number of rotatable bonds is 3. The summed E-state index contributed by atoms with van der Waals surface area (Å²) in [5.74, 6) is -1.83. The van der Waals surface area contributed by atoms with Crippen LogP contribution in [0.2, 0.25) is 0 Å². The molecule has 1 N–H and O–H groups in total. The molecule has 0 spiro atoms. The van der Waals surface area contributed by atoms with E-state index in [0.29, 0.717) is 6.54 Å². The van der Waals surface area contributed by atoms with Crippen molar-refractivity contribution in [2.45, 2.75) is 25.8 Å². The van der Waals surface area contributed by atoms with Gasteiger partial charge in [-0.25, -0.2) is 9.78 Å². The van der Waals surface area contributed by atoms with Crippen LogP contribution in [-0.4, -0.2) is 42.3 Å². The molecule has 0 unspecified atom stereocenters. The maximum Gasteiger partial charge on any atom is 0.451 e. The number of aromatic carboxylic acids is 1. The second-order valence-electron chi connectivity index (χ2n) is 4.73. The van der Waals surface area contributed by atoms with Gasteiger partial charge in [0.05, 0.1) is 13.1 Å². The van der Waals surface area contributed by atoms with Crippen molar-refractivity contribution in [3.63, 3.8) is 0 Å². The molecule has 3 heterocycles. The number of oxazole rings is 1. The lowest BCUT2D eigenvalue weighted by Gasteiger charge is -2.26. The third kappa shape index (κ3) is 2.66. The molecule has 3 rings (SSSR count). The highest BCUT2D eigenvalue weighted by Crippen LogP contribution is 2.29. The van der Waals surface area contributed by atoms with Crippen molar-refractivity contribution in [3.8, 4) is 0 Å². The van der Waals surface area contributed by atoms with Crippen molar-refractivity contribution in [2.75, 3.05) is 6.54 Å². The van der Waals surface area contributed by atoms with Crippen molar-refractivity contribution < 1.29 is 27.5 Å². The molecule has 1 aliphatic heterocycles. The molecule has 1 aliphatic rings. The number of halogens is 3. The van der Waals surface area contributed by atoms with Crippen LogP contribution in [0.15, 0.2) is 10.7 Å². The van der Waals surface area contributed by atoms with Crippen molar-refractivity contribution >= 4 is 5.97 Å². The molecule has 118 valence electrons. The molecule has 0 amide bonds. The fourth-order valence-corrected chi connectivity index (χ4v) is 2.23. The lowest BCUT2D eigenvalue weighted by atomic mass is 10.3. The van der Waals surface area contributed by atoms with Gasteiger partial charge in [-0.1, -0.05) is 0 Å². The molecule has 0 saturated carbocycles. The smallest absolute Gasteiger partial charge is 0.451 e. The standard InChI is InChI=1S/C11H10F3N5O3/c12-11(13,14)10-17-16-7-3-18(1-2-19(7)10)4-8-15-6(5-22-8)9(20)21/h5H,1-4H2,(H,20,21). The first-order valence-electron chi connectivity index (χ1n) is 6.24. The van der Waals surface area contributed by atoms with E-state index in [9.17, 15) is 18.0 Å². The van der Waals surface area contributed by atoms with Gasteiger partial charge in [-0.2, -0.15) is 13.2 Å². The average molecular weight is 317 g/mol. The zero-order valence-corrected chi connectivity index (χ0v) is 11.0. The molecule has 0 atom stereocenters. The summed E-state index contributed by atoms with van der Waals surface area (Å²) in [5.41, 5.74) is -0.213. The zero-order chi connectivity index (χ0) is 15.9. The Labute approximate surface area is 121 Å². The summed E-state index contributed by atoms with van der Waals surface area (Å²) in [5, 5.41) is 15.5. The van der Waals surface area contributed by atoms with Gasteiger partial charge in [0, 0.05) is 13.1 Å². The van der Waals surface area contributed by atoms with Gasteiger partial charge in [0.2, 0.25) is 11.7 Å². The van der Waals surface area contributed by atoms with Gasteiger partial charge in [-0.05, 0) is 0 Å². The Balaban J connectivity index is 1.72. The summed E-state index contributed by atoms with van der Waals surface area (Å²) in [6, 6.07) is 0. The highest BCUT2D eigenvalue weighted by molar-refractivity contribution is 5.84. The number of fused-ring (bicyclic) bond motifs is 1. The number of aromatic nitrogens is 4. The Bertz CT molecular complexity index is 708. The van der Waals surface area contributed by atoms with E-state index in [4.69, 9.17) is 9.52 Å². The Hall–Kier alpha value is -2.43. The summed E-state index contributed by atoms with van der Waals surface area (Å²) in [6.45, 7) is 0.734. The third-order valence-electron chi connectivity index (χ3n) is 3.22. The van der Waals surface area contributed by atoms with Crippen LogP contribution in [0, 0.1) is 0 Å². The number of carboxylic acid groups (broad SMARTS) is 1. The molecular weight excluding hydrogens is 307 g/mol. The van der Waals surface area contributed by atoms with Crippen molar-refractivity contribution in [1.82, 2.24) is 24.6 Å². The van der Waals surface area contributed by atoms with E-state index in [0.717, 1.165) is 10.8 Å². The van der Waals surface area contributed by atoms with E-state index in [1.54, 1.807) is 4.90 Å². The van der Waals surface area contributed by atoms with E-state index in [1.807, 2.05) is 0 Å². The first-order valence-corrected chi connectivity index (χ1v) is 6.24. The van der Waals surface area contributed by atoms with E-state index < -0.39 is 18.0 Å². The Morgan fingerprint density at radius 2 is 2.14 bits per heavy atom. The van der Waals surface area contributed by atoms with E-state index in [-0.39, 0.29) is 37.0 Å². The van der Waals surface area contributed by atoms with Crippen molar-refractivity contribution in [1.29, 1.82) is 0 Å². The van der Waals surface area contributed by atoms with Crippen LogP contribution in [0.4, 0.5) is 13.2 Å². The minimum Gasteiger partial charge on any atom is -0.476 e. The lowest BCUT2D eigenvalue weighted by Crippen LogP contribution is -2.35. The van der Waals surface area contributed by atoms with Crippen molar-refractivity contribution in [3.05, 3.63) is 29.5 Å². The molecule has 11 heteroatoms. The van der Waals surface area contributed by atoms with Crippen LogP contribution in [0.3, 0.4) is 0 Å². The fraction of sp³-hybridized carbons (Fsp3) is 0.455. The topological polar surface area (TPSA) is 97.3 Å². The Morgan fingerprint density at radius 1 is 1.36 bits per heavy atom. The summed E-state index contributed by atoms with van der Waals surface area (Å²) in [4.78, 5) is 16.2. The van der Waals surface area contributed by atoms with Gasteiger partial charge in [-0.3, -0.25) is 4.90 Å². The predicted molar refractivity (Wildman–Crippen MR) is 62.6 cm³/mol. The number of hydrogen-bond donors (Lipinski definition) is 1. The maximum absolute atomic E-state index is 12.7. The molecule has 8 nitrogen and oxygen atoms in total. The zero-order valence-electron chi connectivity index (χ0n) is 11.0. The first kappa shape index (κ1) is 14.5. The summed E-state index contributed by atoms with van der Waals surface area (Å²) < 4.78 is 44.2. The van der Waals surface area contributed by atoms with Crippen LogP contribution >= 0.6 is 0 Å². The predicted octanol–water partition coefficient (Wildman–Crippen LogP) is 0.999. The van der Waals surface area contributed by atoms with Gasteiger partial charge in [0.1, 0.15) is 12.1 Å². The number of alkyl halides is 3. The van der Waals surface area contributed by atoms with E-state index >= 15 is 0 Å². The number of carboxylic acids is 1. The van der Waals surface area contributed by atoms with Crippen LogP contribution in [0.5, 0.6) is 0 Å². The monoisotopic (exact) mass is 317 g/mol. The number of carbonyl (C=O) groups is 1. The number of nitrogens with zero attached hydrogens (tertiary/aromatic N) is 5. The molecule has 0 fully saturated rings. The highest BCUT2D eigenvalue weighted by atomic mass is 19.4. The molecule has 0 aliphatic carbocycles. The Morgan fingerprint density at radius 3 is 2.77 bits per heavy atom. The van der Waals surface area contributed by atoms with Gasteiger partial charge in [0.15, 0.2) is 5.69 Å². The van der Waals surface area contributed by atoms with Crippen LogP contribution in [-0.2, 0) is 25.8 Å². The SMILES string of the molecule is O=C(O)c1coc(CN2CCn3c(nnc3C(F)(F)F)C2)n1. The third-order valence-corrected chi connectivity index (χ3v) is 3.22. The Kier molecular flexibility index (Phi) is 3.35. The van der Waals surface area contributed by atoms with Crippen LogP contribution < -0.4 is 0 Å². The minimum absolute atomic E-state index is 0.0870. The van der Waals surface area contributed by atoms with E-state index in [2.05, 4.69) is 15.2 Å². The molecule has 0 bridgehead atoms. The summed E-state index contributed by atoms with van der Waals surface area (Å²) in [7, 11) is 0. The second-order valence-corrected chi connectivity index (χ2v) is 4.73. The first-order chi connectivity index (χ1) is 10.3. The van der Waals surface area contributed by atoms with Crippen LogP contribution in [0.25, 0.3) is 0 Å². The summed E-state index contributed by atoms with van der Waals surface area (Å²) in [6.07, 6.45) is -3.52. The molecular formula is C11H10F3N5O3. The fourth-order valence-electron chi connectivity index (χ4n) is 2.23. The number of hydrogen-bond acceptors (Lipinski definition) is 6. The summed E-state index contributed by atoms with van der Waals surface area (Å²) >= 11 is 0. The van der Waals surface area contributed by atoms with Gasteiger partial charge < -0.3 is 14.1 Å². The van der Waals surface area contributed by atoms with E-state index in [1.165, 1.54) is 0 Å². The van der Waals surface area contributed by atoms with Gasteiger partial charge >= 0.3 is 12.1 Å². The molecule has 2 aromatic heterocycles. The van der Waals surface area contributed by atoms with Gasteiger partial charge in [-0.15, -0.1) is 10.2 Å². The quantitative estimate of drug-likeness (QED) is 0.902. The lowest BCUT2D eigenvalue weighted by molar-refractivity contribution is -0.148. The molecule has 2 aromatic rings. The molecule has 0 radical (unpaired) electrons. The highest BCUT2D eigenvalue weighted by Gasteiger charge is 2.39. The van der Waals surface area contributed by atoms with Crippen LogP contribution in [0.1, 0.15) is 28.0 Å². The minimum atomic E-state index is -4.54. The van der Waals surface area contributed by atoms with Gasteiger partial charge in [0.25, 0.3) is 0 Å². The van der Waals surface area contributed by atoms with Crippen molar-refractivity contribution in [2.24, 2.45) is 0 Å². The largest absolute Gasteiger partial charge is 0.476 e. The average Bonchev–Trinajstić information content (AvgIpc) is 3.03. The molecule has 0 saturated heterocycles. The second kappa shape index (κ2) is 5.09. The maximum atomic E-state index is 12.7. The molecule has 22 heavy (non-hydrogen) atoms. The molecule has 0 aromatic carbocycles. The normalized spacial score (nSPS) is 15.8.